The molecule has 3 rings (SSSR count). The van der Waals surface area contributed by atoms with Crippen molar-refractivity contribution in [1.82, 2.24) is 13.5 Å². The SMILES string of the molecule is CC.CC.CCNS(=O)c1scc(NCc2nsnc2NCc2cc(C(C)C)co2)c1O. The van der Waals surface area contributed by atoms with E-state index in [0.29, 0.717) is 41.3 Å². The summed E-state index contributed by atoms with van der Waals surface area (Å²) in [4.78, 5) is 0. The zero-order chi connectivity index (χ0) is 24.1. The molecule has 0 aliphatic heterocycles. The third-order valence-electron chi connectivity index (χ3n) is 3.95. The molecule has 11 heteroatoms. The number of thiophene rings is 1. The van der Waals surface area contributed by atoms with Crippen molar-refractivity contribution in [2.75, 3.05) is 17.2 Å². The van der Waals surface area contributed by atoms with Crippen LogP contribution in [0.1, 0.15) is 71.4 Å². The summed E-state index contributed by atoms with van der Waals surface area (Å²) in [5.74, 6) is 1.93. The monoisotopic (exact) mass is 501 g/mol. The number of rotatable bonds is 10. The van der Waals surface area contributed by atoms with Crippen molar-refractivity contribution in [3.05, 3.63) is 34.7 Å². The molecule has 4 N–H and O–H groups in total. The molecule has 0 amide bonds. The van der Waals surface area contributed by atoms with Crippen LogP contribution >= 0.6 is 23.1 Å². The Morgan fingerprint density at radius 1 is 1.16 bits per heavy atom. The molecule has 1 unspecified atom stereocenters. The Morgan fingerprint density at radius 3 is 2.50 bits per heavy atom. The topological polar surface area (TPSA) is 112 Å². The van der Waals surface area contributed by atoms with Gasteiger partial charge in [-0.3, -0.25) is 0 Å². The maximum Gasteiger partial charge on any atom is 0.167 e. The van der Waals surface area contributed by atoms with Crippen LogP contribution in [0.5, 0.6) is 5.75 Å². The van der Waals surface area contributed by atoms with E-state index in [4.69, 9.17) is 4.42 Å². The summed E-state index contributed by atoms with van der Waals surface area (Å²) in [6.07, 6.45) is 1.78. The number of hydrogen-bond acceptors (Lipinski definition) is 9. The molecule has 3 aromatic heterocycles. The Labute approximate surface area is 201 Å². The molecule has 3 heterocycles. The molecule has 0 radical (unpaired) electrons. The molecule has 0 aliphatic carbocycles. The van der Waals surface area contributed by atoms with Gasteiger partial charge in [0.15, 0.2) is 15.8 Å². The molecule has 1 atom stereocenters. The second-order valence-electron chi connectivity index (χ2n) is 6.32. The number of aromatic nitrogens is 2. The van der Waals surface area contributed by atoms with Crippen LogP contribution in [0.25, 0.3) is 0 Å². The number of furan rings is 1. The first-order valence-electron chi connectivity index (χ1n) is 10.8. The van der Waals surface area contributed by atoms with Crippen molar-refractivity contribution in [1.29, 1.82) is 0 Å². The molecule has 0 aliphatic rings. The van der Waals surface area contributed by atoms with Crippen LogP contribution in [-0.2, 0) is 24.1 Å². The summed E-state index contributed by atoms with van der Waals surface area (Å²) in [6, 6.07) is 2.03. The molecular formula is C21H35N5O3S3. The standard InChI is InChI=1S/C17H23N5O3S3.2C2H6/c1-4-20-28(24)17-15(23)14(9-26-17)18-7-13-16(22-27-21-13)19-6-12-5-11(8-25-12)10(2)3;2*1-2/h5,8-10,18,20,23H,4,6-7H2,1-3H3,(H,19,22);2*1-2H3. The van der Waals surface area contributed by atoms with Crippen LogP contribution in [-0.4, -0.2) is 24.6 Å². The van der Waals surface area contributed by atoms with Crippen molar-refractivity contribution in [2.24, 2.45) is 0 Å². The van der Waals surface area contributed by atoms with E-state index in [1.54, 1.807) is 11.6 Å². The van der Waals surface area contributed by atoms with E-state index in [1.807, 2.05) is 40.7 Å². The van der Waals surface area contributed by atoms with Gasteiger partial charge in [-0.25, -0.2) is 8.93 Å². The lowest BCUT2D eigenvalue weighted by Gasteiger charge is -2.06. The molecular weight excluding hydrogens is 466 g/mol. The van der Waals surface area contributed by atoms with Gasteiger partial charge in [0.2, 0.25) is 0 Å². The lowest BCUT2D eigenvalue weighted by molar-refractivity contribution is 0.467. The highest BCUT2D eigenvalue weighted by Gasteiger charge is 2.17. The molecule has 0 bridgehead atoms. The second-order valence-corrected chi connectivity index (χ2v) is 9.22. The van der Waals surface area contributed by atoms with Crippen LogP contribution in [0.3, 0.4) is 0 Å². The number of nitrogens with zero attached hydrogens (tertiary/aromatic N) is 2. The van der Waals surface area contributed by atoms with E-state index in [9.17, 15) is 9.32 Å². The van der Waals surface area contributed by atoms with Crippen molar-refractivity contribution in [3.8, 4) is 5.75 Å². The van der Waals surface area contributed by atoms with Gasteiger partial charge in [-0.2, -0.15) is 8.75 Å². The Bertz CT molecular complexity index is 937. The van der Waals surface area contributed by atoms with Gasteiger partial charge in [0.1, 0.15) is 22.4 Å². The first kappa shape index (κ1) is 28.1. The zero-order valence-corrected chi connectivity index (χ0v) is 22.3. The van der Waals surface area contributed by atoms with Gasteiger partial charge in [0.25, 0.3) is 0 Å². The minimum atomic E-state index is -1.41. The number of nitrogens with one attached hydrogen (secondary N) is 3. The van der Waals surface area contributed by atoms with E-state index in [2.05, 4.69) is 38.0 Å². The average molecular weight is 502 g/mol. The molecule has 0 aromatic carbocycles. The van der Waals surface area contributed by atoms with Crippen molar-refractivity contribution >= 4 is 45.6 Å². The molecule has 8 nitrogen and oxygen atoms in total. The highest BCUT2D eigenvalue weighted by atomic mass is 32.2. The van der Waals surface area contributed by atoms with E-state index in [1.165, 1.54) is 11.3 Å². The highest BCUT2D eigenvalue weighted by molar-refractivity contribution is 7.85. The van der Waals surface area contributed by atoms with Gasteiger partial charge in [-0.1, -0.05) is 48.5 Å². The van der Waals surface area contributed by atoms with E-state index >= 15 is 0 Å². The molecule has 0 fully saturated rings. The predicted molar refractivity (Wildman–Crippen MR) is 136 cm³/mol. The van der Waals surface area contributed by atoms with Gasteiger partial charge in [-0.15, -0.1) is 11.3 Å². The Hall–Kier alpha value is -1.95. The van der Waals surface area contributed by atoms with Crippen molar-refractivity contribution in [3.63, 3.8) is 0 Å². The van der Waals surface area contributed by atoms with Gasteiger partial charge < -0.3 is 20.2 Å². The molecule has 3 aromatic rings. The molecule has 0 saturated heterocycles. The third-order valence-corrected chi connectivity index (χ3v) is 7.10. The van der Waals surface area contributed by atoms with Crippen molar-refractivity contribution in [2.45, 2.75) is 71.7 Å². The predicted octanol–water partition coefficient (Wildman–Crippen LogP) is 5.93. The summed E-state index contributed by atoms with van der Waals surface area (Å²) in [6.45, 7) is 15.6. The summed E-state index contributed by atoms with van der Waals surface area (Å²) >= 11 is 2.36. The first-order chi connectivity index (χ1) is 15.5. The Kier molecular flexibility index (Phi) is 13.2. The summed E-state index contributed by atoms with van der Waals surface area (Å²) in [7, 11) is -1.41. The van der Waals surface area contributed by atoms with Gasteiger partial charge in [0, 0.05) is 11.9 Å². The van der Waals surface area contributed by atoms with E-state index in [-0.39, 0.29) is 5.75 Å². The largest absolute Gasteiger partial charge is 0.504 e. The van der Waals surface area contributed by atoms with Gasteiger partial charge in [0.05, 0.1) is 36.8 Å². The minimum absolute atomic E-state index is 0.00113. The summed E-state index contributed by atoms with van der Waals surface area (Å²) in [5, 5.41) is 18.4. The fraction of sp³-hybridized carbons (Fsp3) is 0.524. The Balaban J connectivity index is 0.00000121. The van der Waals surface area contributed by atoms with Crippen molar-refractivity contribution < 1.29 is 13.7 Å². The lowest BCUT2D eigenvalue weighted by atomic mass is 10.1. The van der Waals surface area contributed by atoms with Crippen LogP contribution in [0, 0.1) is 0 Å². The lowest BCUT2D eigenvalue weighted by Crippen LogP contribution is -2.15. The normalized spacial score (nSPS) is 11.2. The molecule has 180 valence electrons. The fourth-order valence-electron chi connectivity index (χ4n) is 2.39. The molecule has 0 saturated carbocycles. The maximum atomic E-state index is 12.0. The number of anilines is 2. The first-order valence-corrected chi connectivity index (χ1v) is 13.6. The molecule has 0 spiro atoms. The highest BCUT2D eigenvalue weighted by Crippen LogP contribution is 2.36. The minimum Gasteiger partial charge on any atom is -0.504 e. The van der Waals surface area contributed by atoms with Crippen LogP contribution in [0.2, 0.25) is 0 Å². The molecule has 32 heavy (non-hydrogen) atoms. The average Bonchev–Trinajstić information content (AvgIpc) is 3.54. The third kappa shape index (κ3) is 7.88. The van der Waals surface area contributed by atoms with Crippen LogP contribution < -0.4 is 15.4 Å². The van der Waals surface area contributed by atoms with Gasteiger partial charge in [-0.05, 0) is 17.5 Å². The zero-order valence-electron chi connectivity index (χ0n) is 19.8. The Morgan fingerprint density at radius 2 is 1.88 bits per heavy atom. The van der Waals surface area contributed by atoms with Crippen LogP contribution in [0.4, 0.5) is 11.5 Å². The second kappa shape index (κ2) is 15.0. The maximum absolute atomic E-state index is 12.0. The smallest absolute Gasteiger partial charge is 0.167 e. The van der Waals surface area contributed by atoms with Gasteiger partial charge >= 0.3 is 0 Å². The van der Waals surface area contributed by atoms with Crippen LogP contribution in [0.15, 0.2) is 26.3 Å². The van der Waals surface area contributed by atoms with E-state index in [0.717, 1.165) is 28.7 Å². The summed E-state index contributed by atoms with van der Waals surface area (Å²) in [5.41, 5.74) is 2.42. The van der Waals surface area contributed by atoms with E-state index < -0.39 is 11.0 Å². The number of aromatic hydroxyl groups is 1. The quantitative estimate of drug-likeness (QED) is 0.272. The fourth-order valence-corrected chi connectivity index (χ4v) is 4.92. The summed E-state index contributed by atoms with van der Waals surface area (Å²) < 4.78 is 29.4. The number of hydrogen-bond donors (Lipinski definition) is 4.